The third-order valence-corrected chi connectivity index (χ3v) is 5.35. The molecule has 3 rings (SSSR count). The van der Waals surface area contributed by atoms with Crippen molar-refractivity contribution in [3.05, 3.63) is 59.2 Å². The molecule has 27 heavy (non-hydrogen) atoms. The van der Waals surface area contributed by atoms with Crippen molar-refractivity contribution in [1.82, 2.24) is 5.32 Å². The summed E-state index contributed by atoms with van der Waals surface area (Å²) in [6.45, 7) is 5.83. The minimum Gasteiger partial charge on any atom is -0.347 e. The molecular formula is C22H26N2O2S. The zero-order chi connectivity index (χ0) is 19.4. The van der Waals surface area contributed by atoms with E-state index in [9.17, 15) is 9.59 Å². The predicted octanol–water partition coefficient (Wildman–Crippen LogP) is 4.43. The zero-order valence-electron chi connectivity index (χ0n) is 16.1. The van der Waals surface area contributed by atoms with E-state index >= 15 is 0 Å². The summed E-state index contributed by atoms with van der Waals surface area (Å²) < 4.78 is 0. The van der Waals surface area contributed by atoms with E-state index in [1.54, 1.807) is 36.0 Å². The van der Waals surface area contributed by atoms with Crippen LogP contribution < -0.4 is 10.6 Å². The number of carbonyl (C=O) groups is 2. The lowest BCUT2D eigenvalue weighted by Crippen LogP contribution is -2.40. The summed E-state index contributed by atoms with van der Waals surface area (Å²) in [7, 11) is 0. The number of hydrogen-bond acceptors (Lipinski definition) is 3. The van der Waals surface area contributed by atoms with Gasteiger partial charge in [0.05, 0.1) is 5.75 Å². The van der Waals surface area contributed by atoms with Gasteiger partial charge in [0.1, 0.15) is 0 Å². The largest absolute Gasteiger partial charge is 0.347 e. The van der Waals surface area contributed by atoms with Gasteiger partial charge in [-0.05, 0) is 87.6 Å². The van der Waals surface area contributed by atoms with Gasteiger partial charge in [0.2, 0.25) is 5.91 Å². The van der Waals surface area contributed by atoms with Gasteiger partial charge in [-0.25, -0.2) is 0 Å². The molecule has 0 bridgehead atoms. The molecule has 0 atom stereocenters. The second-order valence-corrected chi connectivity index (χ2v) is 8.95. The maximum Gasteiger partial charge on any atom is 0.251 e. The van der Waals surface area contributed by atoms with Gasteiger partial charge in [-0.2, -0.15) is 0 Å². The van der Waals surface area contributed by atoms with Crippen LogP contribution in [-0.2, 0) is 17.6 Å². The molecule has 0 saturated carbocycles. The number of anilines is 1. The molecule has 2 aromatic carbocycles. The maximum absolute atomic E-state index is 12.2. The molecule has 0 fully saturated rings. The fourth-order valence-corrected chi connectivity index (χ4v) is 3.86. The molecule has 1 aliphatic carbocycles. The quantitative estimate of drug-likeness (QED) is 0.752. The van der Waals surface area contributed by atoms with Gasteiger partial charge in [0.15, 0.2) is 0 Å². The van der Waals surface area contributed by atoms with E-state index in [2.05, 4.69) is 28.8 Å². The van der Waals surface area contributed by atoms with Crippen LogP contribution in [0.2, 0.25) is 0 Å². The van der Waals surface area contributed by atoms with E-state index in [4.69, 9.17) is 0 Å². The third-order valence-electron chi connectivity index (χ3n) is 4.36. The second kappa shape index (κ2) is 8.17. The van der Waals surface area contributed by atoms with E-state index in [0.717, 1.165) is 11.3 Å². The Labute approximate surface area is 165 Å². The first-order valence-electron chi connectivity index (χ1n) is 9.27. The molecule has 4 nitrogen and oxygen atoms in total. The summed E-state index contributed by atoms with van der Waals surface area (Å²) in [6.07, 6.45) is 3.54. The monoisotopic (exact) mass is 382 g/mol. The summed E-state index contributed by atoms with van der Waals surface area (Å²) in [6, 6.07) is 13.5. The number of hydrogen-bond donors (Lipinski definition) is 2. The Morgan fingerprint density at radius 1 is 1.00 bits per heavy atom. The normalized spacial score (nSPS) is 13.1. The van der Waals surface area contributed by atoms with Crippen molar-refractivity contribution < 1.29 is 9.59 Å². The summed E-state index contributed by atoms with van der Waals surface area (Å²) in [4.78, 5) is 25.5. The van der Waals surface area contributed by atoms with Gasteiger partial charge >= 0.3 is 0 Å². The lowest BCUT2D eigenvalue weighted by molar-refractivity contribution is -0.113. The Bertz CT molecular complexity index is 838. The number of carbonyl (C=O) groups excluding carboxylic acids is 2. The summed E-state index contributed by atoms with van der Waals surface area (Å²) in [5.74, 6) is 0.199. The Balaban J connectivity index is 1.51. The average molecular weight is 383 g/mol. The van der Waals surface area contributed by atoms with Crippen LogP contribution >= 0.6 is 11.8 Å². The van der Waals surface area contributed by atoms with E-state index in [-0.39, 0.29) is 17.4 Å². The maximum atomic E-state index is 12.2. The highest BCUT2D eigenvalue weighted by Gasteiger charge is 2.15. The van der Waals surface area contributed by atoms with Crippen LogP contribution in [0.25, 0.3) is 0 Å². The van der Waals surface area contributed by atoms with Crippen molar-refractivity contribution in [2.75, 3.05) is 11.1 Å². The predicted molar refractivity (Wildman–Crippen MR) is 111 cm³/mol. The van der Waals surface area contributed by atoms with E-state index in [1.807, 2.05) is 20.8 Å². The van der Waals surface area contributed by atoms with Crippen molar-refractivity contribution in [1.29, 1.82) is 0 Å². The lowest BCUT2D eigenvalue weighted by atomic mass is 10.1. The standard InChI is InChI=1S/C22H26N2O2S/c1-22(2,3)24-21(26)16-7-10-18(11-8-16)23-20(25)14-27-19-12-9-15-5-4-6-17(15)13-19/h7-13H,4-6,14H2,1-3H3,(H,23,25)(H,24,26). The van der Waals surface area contributed by atoms with Gasteiger partial charge < -0.3 is 10.6 Å². The first-order chi connectivity index (χ1) is 12.8. The Hall–Kier alpha value is -2.27. The smallest absolute Gasteiger partial charge is 0.251 e. The summed E-state index contributed by atoms with van der Waals surface area (Å²) in [5, 5.41) is 5.81. The Morgan fingerprint density at radius 3 is 2.41 bits per heavy atom. The van der Waals surface area contributed by atoms with Crippen LogP contribution in [0.4, 0.5) is 5.69 Å². The van der Waals surface area contributed by atoms with Gasteiger partial charge in [-0.15, -0.1) is 11.8 Å². The first-order valence-corrected chi connectivity index (χ1v) is 10.3. The highest BCUT2D eigenvalue weighted by molar-refractivity contribution is 8.00. The molecule has 0 heterocycles. The Kier molecular flexibility index (Phi) is 5.90. The van der Waals surface area contributed by atoms with Gasteiger partial charge in [-0.1, -0.05) is 6.07 Å². The third kappa shape index (κ3) is 5.60. The van der Waals surface area contributed by atoms with Gasteiger partial charge in [-0.3, -0.25) is 9.59 Å². The first kappa shape index (κ1) is 19.5. The molecule has 0 saturated heterocycles. The topological polar surface area (TPSA) is 58.2 Å². The molecule has 2 aromatic rings. The lowest BCUT2D eigenvalue weighted by Gasteiger charge is -2.20. The van der Waals surface area contributed by atoms with Crippen molar-refractivity contribution in [3.8, 4) is 0 Å². The van der Waals surface area contributed by atoms with Crippen LogP contribution in [0.1, 0.15) is 48.7 Å². The van der Waals surface area contributed by atoms with Crippen molar-refractivity contribution in [2.45, 2.75) is 50.5 Å². The Morgan fingerprint density at radius 2 is 1.70 bits per heavy atom. The number of rotatable bonds is 5. The summed E-state index contributed by atoms with van der Waals surface area (Å²) >= 11 is 1.55. The molecule has 5 heteroatoms. The highest BCUT2D eigenvalue weighted by Crippen LogP contribution is 2.27. The average Bonchev–Trinajstić information content (AvgIpc) is 3.07. The number of thioether (sulfide) groups is 1. The van der Waals surface area contributed by atoms with Crippen LogP contribution in [0.15, 0.2) is 47.4 Å². The molecular weight excluding hydrogens is 356 g/mol. The molecule has 1 aliphatic rings. The second-order valence-electron chi connectivity index (χ2n) is 7.90. The molecule has 2 amide bonds. The minimum atomic E-state index is -0.279. The molecule has 142 valence electrons. The molecule has 0 unspecified atom stereocenters. The van der Waals surface area contributed by atoms with Gasteiger partial charge in [0, 0.05) is 21.7 Å². The number of amides is 2. The van der Waals surface area contributed by atoms with E-state index in [0.29, 0.717) is 17.0 Å². The van der Waals surface area contributed by atoms with E-state index < -0.39 is 0 Å². The molecule has 2 N–H and O–H groups in total. The van der Waals surface area contributed by atoms with Crippen LogP contribution in [-0.4, -0.2) is 23.1 Å². The minimum absolute atomic E-state index is 0.0487. The fourth-order valence-electron chi connectivity index (χ4n) is 3.10. The number of benzene rings is 2. The molecule has 0 aliphatic heterocycles. The van der Waals surface area contributed by atoms with Crippen molar-refractivity contribution >= 4 is 29.3 Å². The number of fused-ring (bicyclic) bond motifs is 1. The van der Waals surface area contributed by atoms with Gasteiger partial charge in [0.25, 0.3) is 5.91 Å². The van der Waals surface area contributed by atoms with Crippen molar-refractivity contribution in [2.24, 2.45) is 0 Å². The van der Waals surface area contributed by atoms with Crippen molar-refractivity contribution in [3.63, 3.8) is 0 Å². The zero-order valence-corrected chi connectivity index (χ0v) is 16.9. The van der Waals surface area contributed by atoms with E-state index in [1.165, 1.54) is 24.0 Å². The van der Waals surface area contributed by atoms with Crippen LogP contribution in [0, 0.1) is 0 Å². The molecule has 0 aromatic heterocycles. The number of aryl methyl sites for hydroxylation is 2. The highest BCUT2D eigenvalue weighted by atomic mass is 32.2. The molecule has 0 spiro atoms. The van der Waals surface area contributed by atoms with Crippen LogP contribution in [0.5, 0.6) is 0 Å². The van der Waals surface area contributed by atoms with Crippen LogP contribution in [0.3, 0.4) is 0 Å². The SMILES string of the molecule is CC(C)(C)NC(=O)c1ccc(NC(=O)CSc2ccc3c(c2)CCC3)cc1. The number of nitrogens with one attached hydrogen (secondary N) is 2. The summed E-state index contributed by atoms with van der Waals surface area (Å²) in [5.41, 5.74) is 3.86. The fraction of sp³-hybridized carbons (Fsp3) is 0.364. The molecule has 0 radical (unpaired) electrons.